The molecule has 2 N–H and O–H groups in total. The van der Waals surface area contributed by atoms with E-state index in [0.29, 0.717) is 17.9 Å². The van der Waals surface area contributed by atoms with Gasteiger partial charge in [-0.05, 0) is 56.5 Å². The Morgan fingerprint density at radius 2 is 1.79 bits per heavy atom. The number of methoxy groups -OCH3 is 1. The number of anilines is 1. The number of nitrogens with one attached hydrogen (secondary N) is 2. The minimum atomic E-state index is -0.781. The van der Waals surface area contributed by atoms with Crippen LogP contribution in [0.3, 0.4) is 0 Å². The van der Waals surface area contributed by atoms with Crippen molar-refractivity contribution in [3.63, 3.8) is 0 Å². The van der Waals surface area contributed by atoms with Gasteiger partial charge in [0.15, 0.2) is 0 Å². The van der Waals surface area contributed by atoms with Crippen LogP contribution in [0.2, 0.25) is 0 Å². The lowest BCUT2D eigenvalue weighted by Crippen LogP contribution is -2.54. The van der Waals surface area contributed by atoms with Crippen LogP contribution < -0.4 is 15.4 Å². The molecule has 1 aliphatic rings. The van der Waals surface area contributed by atoms with Gasteiger partial charge in [-0.3, -0.25) is 14.5 Å². The molecule has 2 aromatic carbocycles. The molecule has 0 radical (unpaired) electrons. The first-order chi connectivity index (χ1) is 15.6. The van der Waals surface area contributed by atoms with Gasteiger partial charge in [0.1, 0.15) is 17.4 Å². The van der Waals surface area contributed by atoms with E-state index in [1.54, 1.807) is 32.9 Å². The molecule has 8 nitrogen and oxygen atoms in total. The predicted molar refractivity (Wildman–Crippen MR) is 125 cm³/mol. The van der Waals surface area contributed by atoms with E-state index in [1.165, 1.54) is 12.0 Å². The maximum Gasteiger partial charge on any atom is 0.411 e. The van der Waals surface area contributed by atoms with Crippen LogP contribution in [0.4, 0.5) is 10.5 Å². The summed E-state index contributed by atoms with van der Waals surface area (Å²) in [5.74, 6) is -0.283. The summed E-state index contributed by atoms with van der Waals surface area (Å²) in [6, 6.07) is 12.3. The summed E-state index contributed by atoms with van der Waals surface area (Å²) >= 11 is 0. The second kappa shape index (κ2) is 9.94. The molecule has 3 rings (SSSR count). The van der Waals surface area contributed by atoms with Crippen LogP contribution in [-0.2, 0) is 27.3 Å². The Morgan fingerprint density at radius 1 is 1.09 bits per heavy atom. The average molecular weight is 454 g/mol. The van der Waals surface area contributed by atoms with E-state index in [4.69, 9.17) is 9.47 Å². The number of aryl methyl sites for hydroxylation is 1. The lowest BCUT2D eigenvalue weighted by atomic mass is 9.94. The normalized spacial score (nSPS) is 15.3. The van der Waals surface area contributed by atoms with E-state index < -0.39 is 29.6 Å². The van der Waals surface area contributed by atoms with Crippen molar-refractivity contribution in [2.24, 2.45) is 0 Å². The number of ether oxygens (including phenoxy) is 2. The van der Waals surface area contributed by atoms with Crippen LogP contribution in [-0.4, -0.2) is 48.1 Å². The van der Waals surface area contributed by atoms with E-state index in [9.17, 15) is 14.4 Å². The fraction of sp³-hybridized carbons (Fsp3) is 0.400. The SMILES string of the molecule is COc1ccc(C)cc1NC(=O)CNC(=O)[C@@H]1Cc2ccccc2CN1C(=O)OC(C)(C)C. The maximum atomic E-state index is 13.1. The van der Waals surface area contributed by atoms with Crippen molar-refractivity contribution in [2.45, 2.75) is 52.3 Å². The zero-order valence-corrected chi connectivity index (χ0v) is 19.7. The molecule has 33 heavy (non-hydrogen) atoms. The van der Waals surface area contributed by atoms with Crippen LogP contribution in [0.25, 0.3) is 0 Å². The molecule has 0 unspecified atom stereocenters. The molecule has 1 heterocycles. The highest BCUT2D eigenvalue weighted by Gasteiger charge is 2.37. The van der Waals surface area contributed by atoms with Gasteiger partial charge in [0, 0.05) is 6.42 Å². The van der Waals surface area contributed by atoms with Crippen molar-refractivity contribution in [3.05, 3.63) is 59.2 Å². The van der Waals surface area contributed by atoms with Gasteiger partial charge < -0.3 is 20.1 Å². The summed E-state index contributed by atoms with van der Waals surface area (Å²) in [5.41, 5.74) is 2.76. The number of amides is 3. The molecule has 1 atom stereocenters. The predicted octanol–water partition coefficient (Wildman–Crippen LogP) is 3.42. The molecule has 0 aromatic heterocycles. The Hall–Kier alpha value is -3.55. The Bertz CT molecular complexity index is 1040. The van der Waals surface area contributed by atoms with E-state index in [1.807, 2.05) is 37.3 Å². The summed E-state index contributed by atoms with van der Waals surface area (Å²) in [6.45, 7) is 7.26. The minimum absolute atomic E-state index is 0.240. The van der Waals surface area contributed by atoms with Gasteiger partial charge in [-0.15, -0.1) is 0 Å². The van der Waals surface area contributed by atoms with Crippen molar-refractivity contribution in [3.8, 4) is 5.75 Å². The second-order valence-corrected chi connectivity index (χ2v) is 9.07. The molecule has 0 fully saturated rings. The highest BCUT2D eigenvalue weighted by molar-refractivity contribution is 5.97. The number of nitrogens with zero attached hydrogens (tertiary/aromatic N) is 1. The smallest absolute Gasteiger partial charge is 0.411 e. The van der Waals surface area contributed by atoms with Crippen molar-refractivity contribution in [2.75, 3.05) is 19.0 Å². The molecule has 0 saturated heterocycles. The molecule has 8 heteroatoms. The van der Waals surface area contributed by atoms with Gasteiger partial charge in [0.2, 0.25) is 11.8 Å². The quantitative estimate of drug-likeness (QED) is 0.723. The topological polar surface area (TPSA) is 97.0 Å². The number of fused-ring (bicyclic) bond motifs is 1. The Labute approximate surface area is 194 Å². The van der Waals surface area contributed by atoms with Gasteiger partial charge in [-0.25, -0.2) is 4.79 Å². The zero-order valence-electron chi connectivity index (χ0n) is 19.7. The van der Waals surface area contributed by atoms with E-state index in [-0.39, 0.29) is 13.1 Å². The van der Waals surface area contributed by atoms with Crippen LogP contribution in [0.5, 0.6) is 5.75 Å². The van der Waals surface area contributed by atoms with Crippen molar-refractivity contribution in [1.29, 1.82) is 0 Å². The Kier molecular flexibility index (Phi) is 7.26. The summed E-state index contributed by atoms with van der Waals surface area (Å²) in [4.78, 5) is 39.8. The lowest BCUT2D eigenvalue weighted by molar-refractivity contribution is -0.128. The first-order valence-electron chi connectivity index (χ1n) is 10.9. The van der Waals surface area contributed by atoms with Crippen molar-refractivity contribution >= 4 is 23.6 Å². The molecule has 176 valence electrons. The largest absolute Gasteiger partial charge is 0.495 e. The molecular weight excluding hydrogens is 422 g/mol. The number of hydrogen-bond acceptors (Lipinski definition) is 5. The van der Waals surface area contributed by atoms with Gasteiger partial charge >= 0.3 is 6.09 Å². The van der Waals surface area contributed by atoms with Gasteiger partial charge in [0.25, 0.3) is 0 Å². The van der Waals surface area contributed by atoms with Crippen LogP contribution in [0.1, 0.15) is 37.5 Å². The first-order valence-corrected chi connectivity index (χ1v) is 10.9. The zero-order chi connectivity index (χ0) is 24.2. The molecule has 2 aromatic rings. The fourth-order valence-corrected chi connectivity index (χ4v) is 3.67. The number of benzene rings is 2. The Morgan fingerprint density at radius 3 is 2.45 bits per heavy atom. The fourth-order valence-electron chi connectivity index (χ4n) is 3.67. The van der Waals surface area contributed by atoms with E-state index in [0.717, 1.165) is 16.7 Å². The average Bonchev–Trinajstić information content (AvgIpc) is 2.75. The highest BCUT2D eigenvalue weighted by Crippen LogP contribution is 2.26. The molecule has 0 spiro atoms. The molecule has 0 saturated carbocycles. The lowest BCUT2D eigenvalue weighted by Gasteiger charge is -2.36. The molecular formula is C25H31N3O5. The first kappa shape index (κ1) is 24.1. The van der Waals surface area contributed by atoms with E-state index in [2.05, 4.69) is 10.6 Å². The van der Waals surface area contributed by atoms with E-state index >= 15 is 0 Å². The standard InChI is InChI=1S/C25H31N3O5/c1-16-10-11-21(32-5)19(12-16)27-22(29)14-26-23(30)20-13-17-8-6-7-9-18(17)15-28(20)24(31)33-25(2,3)4/h6-12,20H,13-15H2,1-5H3,(H,26,30)(H,27,29)/t20-/m0/s1. The number of carbonyl (C=O) groups is 3. The van der Waals surface area contributed by atoms with Crippen molar-refractivity contribution in [1.82, 2.24) is 10.2 Å². The third kappa shape index (κ3) is 6.25. The summed E-state index contributed by atoms with van der Waals surface area (Å²) in [7, 11) is 1.52. The van der Waals surface area contributed by atoms with Gasteiger partial charge in [0.05, 0.1) is 25.9 Å². The summed E-state index contributed by atoms with van der Waals surface area (Å²) < 4.78 is 10.8. The number of rotatable bonds is 5. The van der Waals surface area contributed by atoms with Crippen LogP contribution in [0.15, 0.2) is 42.5 Å². The highest BCUT2D eigenvalue weighted by atomic mass is 16.6. The monoisotopic (exact) mass is 453 g/mol. The molecule has 3 amide bonds. The number of hydrogen-bond donors (Lipinski definition) is 2. The maximum absolute atomic E-state index is 13.1. The van der Waals surface area contributed by atoms with Crippen molar-refractivity contribution < 1.29 is 23.9 Å². The number of carbonyl (C=O) groups excluding carboxylic acids is 3. The second-order valence-electron chi connectivity index (χ2n) is 9.07. The minimum Gasteiger partial charge on any atom is -0.495 e. The third-order valence-corrected chi connectivity index (χ3v) is 5.23. The molecule has 1 aliphatic heterocycles. The van der Waals surface area contributed by atoms with Gasteiger partial charge in [-0.2, -0.15) is 0 Å². The van der Waals surface area contributed by atoms with Crippen LogP contribution in [0, 0.1) is 6.92 Å². The molecule has 0 aliphatic carbocycles. The third-order valence-electron chi connectivity index (χ3n) is 5.23. The Balaban J connectivity index is 1.70. The summed E-state index contributed by atoms with van der Waals surface area (Å²) in [5, 5.41) is 5.42. The van der Waals surface area contributed by atoms with Gasteiger partial charge in [-0.1, -0.05) is 30.3 Å². The van der Waals surface area contributed by atoms with Crippen LogP contribution >= 0.6 is 0 Å². The summed E-state index contributed by atoms with van der Waals surface area (Å²) in [6.07, 6.45) is -0.222. The molecule has 0 bridgehead atoms.